The van der Waals surface area contributed by atoms with E-state index in [1.807, 2.05) is 49.2 Å². The van der Waals surface area contributed by atoms with Crippen molar-refractivity contribution in [2.45, 2.75) is 13.5 Å². The highest BCUT2D eigenvalue weighted by Crippen LogP contribution is 2.24. The van der Waals surface area contributed by atoms with Crippen molar-refractivity contribution in [3.63, 3.8) is 0 Å². The molecule has 22 heavy (non-hydrogen) atoms. The van der Waals surface area contributed by atoms with E-state index in [1.54, 1.807) is 11.3 Å². The Morgan fingerprint density at radius 1 is 1.32 bits per heavy atom. The lowest BCUT2D eigenvalue weighted by Gasteiger charge is -2.16. The van der Waals surface area contributed by atoms with Crippen LogP contribution in [0.2, 0.25) is 0 Å². The largest absolute Gasteiger partial charge is 0.492 e. The molecule has 1 aromatic carbocycles. The van der Waals surface area contributed by atoms with Gasteiger partial charge in [-0.3, -0.25) is 9.69 Å². The molecule has 118 valence electrons. The van der Waals surface area contributed by atoms with E-state index in [1.165, 1.54) is 4.88 Å². The van der Waals surface area contributed by atoms with Crippen molar-refractivity contribution in [2.75, 3.05) is 25.5 Å². The molecule has 0 fully saturated rings. The number of halogens is 1. The molecule has 0 saturated carbocycles. The monoisotopic (exact) mass is 382 g/mol. The second kappa shape index (κ2) is 8.31. The number of rotatable bonds is 7. The van der Waals surface area contributed by atoms with E-state index in [-0.39, 0.29) is 5.91 Å². The van der Waals surface area contributed by atoms with Gasteiger partial charge in [-0.25, -0.2) is 0 Å². The van der Waals surface area contributed by atoms with E-state index in [4.69, 9.17) is 4.74 Å². The van der Waals surface area contributed by atoms with E-state index in [0.29, 0.717) is 24.6 Å². The number of hydrogen-bond donors (Lipinski definition) is 1. The molecule has 1 N–H and O–H groups in total. The van der Waals surface area contributed by atoms with Crippen LogP contribution in [0.25, 0.3) is 0 Å². The number of carbonyl (C=O) groups is 1. The van der Waals surface area contributed by atoms with Crippen molar-refractivity contribution in [1.29, 1.82) is 0 Å². The molecule has 1 heterocycles. The molecule has 0 unspecified atom stereocenters. The highest BCUT2D eigenvalue weighted by atomic mass is 79.9. The summed E-state index contributed by atoms with van der Waals surface area (Å²) in [7, 11) is 1.93. The number of para-hydroxylation sites is 2. The highest BCUT2D eigenvalue weighted by Gasteiger charge is 2.11. The molecule has 1 aromatic heterocycles. The van der Waals surface area contributed by atoms with Crippen molar-refractivity contribution >= 4 is 38.9 Å². The van der Waals surface area contributed by atoms with Crippen LogP contribution in [0, 0.1) is 0 Å². The summed E-state index contributed by atoms with van der Waals surface area (Å²) in [5, 5.41) is 2.91. The van der Waals surface area contributed by atoms with E-state index in [9.17, 15) is 4.79 Å². The maximum atomic E-state index is 12.2. The average Bonchev–Trinajstić information content (AvgIpc) is 2.86. The van der Waals surface area contributed by atoms with Gasteiger partial charge in [0.1, 0.15) is 5.75 Å². The molecule has 0 spiro atoms. The minimum Gasteiger partial charge on any atom is -0.492 e. The first-order chi connectivity index (χ1) is 10.6. The molecular formula is C16H19BrN2O2S. The molecule has 0 aliphatic rings. The number of amides is 1. The molecule has 4 nitrogen and oxygen atoms in total. The third-order valence-electron chi connectivity index (χ3n) is 2.93. The van der Waals surface area contributed by atoms with E-state index < -0.39 is 0 Å². The van der Waals surface area contributed by atoms with Gasteiger partial charge in [0.05, 0.1) is 22.6 Å². The average molecular weight is 383 g/mol. The zero-order valence-electron chi connectivity index (χ0n) is 12.6. The fourth-order valence-electron chi connectivity index (χ4n) is 2.04. The summed E-state index contributed by atoms with van der Waals surface area (Å²) in [5.74, 6) is 0.647. The molecule has 1 amide bonds. The Morgan fingerprint density at radius 3 is 2.77 bits per heavy atom. The summed E-state index contributed by atoms with van der Waals surface area (Å²) in [5.41, 5.74) is 0.710. The van der Waals surface area contributed by atoms with Crippen LogP contribution >= 0.6 is 27.3 Å². The lowest BCUT2D eigenvalue weighted by molar-refractivity contribution is -0.117. The number of anilines is 1. The van der Waals surface area contributed by atoms with Crippen LogP contribution in [0.1, 0.15) is 11.8 Å². The number of hydrogen-bond acceptors (Lipinski definition) is 4. The van der Waals surface area contributed by atoms with E-state index >= 15 is 0 Å². The van der Waals surface area contributed by atoms with Crippen molar-refractivity contribution < 1.29 is 9.53 Å². The van der Waals surface area contributed by atoms with Crippen molar-refractivity contribution in [1.82, 2.24) is 4.90 Å². The fraction of sp³-hybridized carbons (Fsp3) is 0.312. The molecule has 6 heteroatoms. The predicted molar refractivity (Wildman–Crippen MR) is 94.6 cm³/mol. The van der Waals surface area contributed by atoms with Gasteiger partial charge in [0.15, 0.2) is 0 Å². The van der Waals surface area contributed by atoms with Crippen molar-refractivity contribution in [3.8, 4) is 5.75 Å². The first-order valence-electron chi connectivity index (χ1n) is 7.03. The molecule has 0 atom stereocenters. The SMILES string of the molecule is CCOc1ccccc1NC(=O)CN(C)Cc1ccc(Br)s1. The van der Waals surface area contributed by atoms with Crippen LogP contribution in [0.5, 0.6) is 5.75 Å². The van der Waals surface area contributed by atoms with Crippen LogP contribution in [-0.4, -0.2) is 31.0 Å². The minimum atomic E-state index is -0.0507. The summed E-state index contributed by atoms with van der Waals surface area (Å²) in [4.78, 5) is 15.4. The van der Waals surface area contributed by atoms with Gasteiger partial charge in [0, 0.05) is 11.4 Å². The normalized spacial score (nSPS) is 10.7. The molecule has 2 rings (SSSR count). The lowest BCUT2D eigenvalue weighted by Crippen LogP contribution is -2.29. The van der Waals surface area contributed by atoms with Crippen molar-refractivity contribution in [3.05, 3.63) is 45.1 Å². The first kappa shape index (κ1) is 17.0. The van der Waals surface area contributed by atoms with Gasteiger partial charge in [0.25, 0.3) is 0 Å². The Kier molecular flexibility index (Phi) is 6.42. The first-order valence-corrected chi connectivity index (χ1v) is 8.64. The number of thiophene rings is 1. The summed E-state index contributed by atoms with van der Waals surface area (Å²) < 4.78 is 6.61. The Bertz CT molecular complexity index is 630. The maximum Gasteiger partial charge on any atom is 0.238 e. The second-order valence-corrected chi connectivity index (χ2v) is 7.40. The van der Waals surface area contributed by atoms with Gasteiger partial charge < -0.3 is 10.1 Å². The fourth-order valence-corrected chi connectivity index (χ4v) is 3.61. The second-order valence-electron chi connectivity index (χ2n) is 4.86. The van der Waals surface area contributed by atoms with Crippen LogP contribution < -0.4 is 10.1 Å². The lowest BCUT2D eigenvalue weighted by atomic mass is 10.3. The summed E-state index contributed by atoms with van der Waals surface area (Å²) in [6.07, 6.45) is 0. The molecule has 0 bridgehead atoms. The number of carbonyl (C=O) groups excluding carboxylic acids is 1. The van der Waals surface area contributed by atoms with Gasteiger partial charge in [-0.1, -0.05) is 12.1 Å². The van der Waals surface area contributed by atoms with Crippen LogP contribution in [0.15, 0.2) is 40.2 Å². The smallest absolute Gasteiger partial charge is 0.238 e. The third kappa shape index (κ3) is 5.12. The molecule has 2 aromatic rings. The molecular weight excluding hydrogens is 364 g/mol. The van der Waals surface area contributed by atoms with Crippen LogP contribution in [0.3, 0.4) is 0 Å². The van der Waals surface area contributed by atoms with E-state index in [0.717, 1.165) is 10.3 Å². The van der Waals surface area contributed by atoms with Gasteiger partial charge in [-0.2, -0.15) is 0 Å². The van der Waals surface area contributed by atoms with Gasteiger partial charge >= 0.3 is 0 Å². The third-order valence-corrected chi connectivity index (χ3v) is 4.54. The van der Waals surface area contributed by atoms with Gasteiger partial charge in [-0.15, -0.1) is 11.3 Å². The van der Waals surface area contributed by atoms with Crippen LogP contribution in [0.4, 0.5) is 5.69 Å². The zero-order chi connectivity index (χ0) is 15.9. The molecule has 0 radical (unpaired) electrons. The molecule has 0 saturated heterocycles. The predicted octanol–water partition coefficient (Wildman–Crippen LogP) is 3.98. The number of nitrogens with one attached hydrogen (secondary N) is 1. The Labute approximate surface area is 143 Å². The topological polar surface area (TPSA) is 41.6 Å². The van der Waals surface area contributed by atoms with Gasteiger partial charge in [-0.05, 0) is 54.2 Å². The molecule has 0 aliphatic carbocycles. The Morgan fingerprint density at radius 2 is 2.09 bits per heavy atom. The number of ether oxygens (including phenoxy) is 1. The number of nitrogens with zero attached hydrogens (tertiary/aromatic N) is 1. The Hall–Kier alpha value is -1.37. The summed E-state index contributed by atoms with van der Waals surface area (Å²) in [6.45, 7) is 3.57. The minimum absolute atomic E-state index is 0.0507. The maximum absolute atomic E-state index is 12.2. The van der Waals surface area contributed by atoms with Crippen LogP contribution in [-0.2, 0) is 11.3 Å². The number of benzene rings is 1. The summed E-state index contributed by atoms with van der Waals surface area (Å²) in [6, 6.07) is 11.6. The Balaban J connectivity index is 1.89. The quantitative estimate of drug-likeness (QED) is 0.787. The van der Waals surface area contributed by atoms with Gasteiger partial charge in [0.2, 0.25) is 5.91 Å². The molecule has 0 aliphatic heterocycles. The highest BCUT2D eigenvalue weighted by molar-refractivity contribution is 9.11. The van der Waals surface area contributed by atoms with Crippen molar-refractivity contribution in [2.24, 2.45) is 0 Å². The zero-order valence-corrected chi connectivity index (χ0v) is 15.0. The van der Waals surface area contributed by atoms with E-state index in [2.05, 4.69) is 27.3 Å². The summed E-state index contributed by atoms with van der Waals surface area (Å²) >= 11 is 5.13. The standard InChI is InChI=1S/C16H19BrN2O2S/c1-3-21-14-7-5-4-6-13(14)18-16(20)11-19(2)10-12-8-9-15(17)22-12/h4-9H,3,10-11H2,1-2H3,(H,18,20). The number of likely N-dealkylation sites (N-methyl/N-ethyl adjacent to an activating group) is 1.